The van der Waals surface area contributed by atoms with Crippen LogP contribution >= 0.6 is 11.3 Å². The minimum atomic E-state index is -0.570. The summed E-state index contributed by atoms with van der Waals surface area (Å²) in [6, 6.07) is -0.570. The van der Waals surface area contributed by atoms with E-state index in [-0.39, 0.29) is 18.2 Å². The molecule has 0 aromatic carbocycles. The highest BCUT2D eigenvalue weighted by atomic mass is 32.1. The van der Waals surface area contributed by atoms with Crippen molar-refractivity contribution in [2.75, 3.05) is 7.05 Å². The Morgan fingerprint density at radius 2 is 2.37 bits per heavy atom. The second-order valence-electron chi connectivity index (χ2n) is 4.49. The van der Waals surface area contributed by atoms with Gasteiger partial charge in [0.1, 0.15) is 12.3 Å². The van der Waals surface area contributed by atoms with Gasteiger partial charge in [0.05, 0.1) is 5.56 Å². The van der Waals surface area contributed by atoms with Gasteiger partial charge in [0.2, 0.25) is 5.91 Å². The molecule has 2 rings (SSSR count). The molecule has 1 aliphatic rings. The number of hydrogen-bond acceptors (Lipinski definition) is 4. The van der Waals surface area contributed by atoms with Crippen LogP contribution in [0.3, 0.4) is 0 Å². The summed E-state index contributed by atoms with van der Waals surface area (Å²) >= 11 is 1.55. The summed E-state index contributed by atoms with van der Waals surface area (Å²) in [6.07, 6.45) is 1.41. The zero-order chi connectivity index (χ0) is 14.0. The minimum Gasteiger partial charge on any atom is -0.357 e. The van der Waals surface area contributed by atoms with Gasteiger partial charge in [-0.05, 0) is 18.9 Å². The first-order valence-electron chi connectivity index (χ1n) is 6.13. The Bertz CT molecular complexity index is 524. The molecule has 1 aromatic heterocycles. The summed E-state index contributed by atoms with van der Waals surface area (Å²) in [5, 5.41) is 4.40. The summed E-state index contributed by atoms with van der Waals surface area (Å²) in [4.78, 5) is 37.4. The van der Waals surface area contributed by atoms with E-state index < -0.39 is 6.04 Å². The SMILES string of the molecule is CNC(=O)C(CCC=O)N1Cc2c(csc2C)C1=O. The van der Waals surface area contributed by atoms with E-state index >= 15 is 0 Å². The molecule has 5 nitrogen and oxygen atoms in total. The molecule has 1 unspecified atom stereocenters. The van der Waals surface area contributed by atoms with Crippen LogP contribution < -0.4 is 5.32 Å². The first-order valence-corrected chi connectivity index (χ1v) is 7.01. The molecule has 1 N–H and O–H groups in total. The number of carbonyl (C=O) groups excluding carboxylic acids is 3. The van der Waals surface area contributed by atoms with Crippen LogP contribution in [0.4, 0.5) is 0 Å². The monoisotopic (exact) mass is 280 g/mol. The van der Waals surface area contributed by atoms with Crippen molar-refractivity contribution < 1.29 is 14.4 Å². The fraction of sp³-hybridized carbons (Fsp3) is 0.462. The third-order valence-electron chi connectivity index (χ3n) is 3.41. The average molecular weight is 280 g/mol. The molecule has 6 heteroatoms. The van der Waals surface area contributed by atoms with Gasteiger partial charge in [-0.3, -0.25) is 9.59 Å². The predicted octanol–water partition coefficient (Wildman–Crippen LogP) is 1.11. The highest BCUT2D eigenvalue weighted by Crippen LogP contribution is 2.32. The van der Waals surface area contributed by atoms with Crippen molar-refractivity contribution in [2.45, 2.75) is 32.4 Å². The van der Waals surface area contributed by atoms with Crippen molar-refractivity contribution in [3.05, 3.63) is 21.4 Å². The topological polar surface area (TPSA) is 66.5 Å². The number of nitrogens with one attached hydrogen (secondary N) is 1. The number of likely N-dealkylation sites (N-methyl/N-ethyl adjacent to an activating group) is 1. The number of amides is 2. The van der Waals surface area contributed by atoms with Gasteiger partial charge in [-0.2, -0.15) is 0 Å². The van der Waals surface area contributed by atoms with E-state index in [4.69, 9.17) is 0 Å². The molecule has 0 fully saturated rings. The van der Waals surface area contributed by atoms with Gasteiger partial charge in [-0.15, -0.1) is 11.3 Å². The molecule has 2 amide bonds. The van der Waals surface area contributed by atoms with Gasteiger partial charge < -0.3 is 15.0 Å². The Labute approximate surface area is 115 Å². The van der Waals surface area contributed by atoms with E-state index in [1.807, 2.05) is 12.3 Å². The lowest BCUT2D eigenvalue weighted by molar-refractivity contribution is -0.125. The number of fused-ring (bicyclic) bond motifs is 1. The van der Waals surface area contributed by atoms with Crippen LogP contribution in [0.15, 0.2) is 5.38 Å². The first kappa shape index (κ1) is 13.7. The summed E-state index contributed by atoms with van der Waals surface area (Å²) in [5.74, 6) is -0.333. The second-order valence-corrected chi connectivity index (χ2v) is 5.58. The quantitative estimate of drug-likeness (QED) is 0.822. The zero-order valence-electron chi connectivity index (χ0n) is 10.9. The molecule has 0 aliphatic carbocycles. The summed E-state index contributed by atoms with van der Waals surface area (Å²) in [7, 11) is 1.54. The summed E-state index contributed by atoms with van der Waals surface area (Å²) < 4.78 is 0. The van der Waals surface area contributed by atoms with Gasteiger partial charge in [0.25, 0.3) is 5.91 Å². The lowest BCUT2D eigenvalue weighted by Crippen LogP contribution is -2.46. The van der Waals surface area contributed by atoms with Crippen LogP contribution in [0.25, 0.3) is 0 Å². The third-order valence-corrected chi connectivity index (χ3v) is 4.36. The number of thiophene rings is 1. The van der Waals surface area contributed by atoms with Crippen molar-refractivity contribution in [1.82, 2.24) is 10.2 Å². The van der Waals surface area contributed by atoms with E-state index in [9.17, 15) is 14.4 Å². The molecule has 0 spiro atoms. The lowest BCUT2D eigenvalue weighted by atomic mass is 10.1. The molecule has 1 aromatic rings. The fourth-order valence-electron chi connectivity index (χ4n) is 2.32. The zero-order valence-corrected chi connectivity index (χ0v) is 11.8. The van der Waals surface area contributed by atoms with E-state index in [2.05, 4.69) is 5.32 Å². The maximum atomic E-state index is 12.3. The van der Waals surface area contributed by atoms with Gasteiger partial charge in [-0.1, -0.05) is 0 Å². The molecule has 0 saturated carbocycles. The normalized spacial score (nSPS) is 15.3. The maximum Gasteiger partial charge on any atom is 0.256 e. The molecule has 2 heterocycles. The van der Waals surface area contributed by atoms with Crippen LogP contribution in [0.1, 0.15) is 33.6 Å². The van der Waals surface area contributed by atoms with Crippen LogP contribution in [0.2, 0.25) is 0 Å². The molecule has 0 bridgehead atoms. The molecule has 102 valence electrons. The van der Waals surface area contributed by atoms with Crippen molar-refractivity contribution in [3.8, 4) is 0 Å². The Morgan fingerprint density at radius 1 is 1.63 bits per heavy atom. The summed E-state index contributed by atoms with van der Waals surface area (Å²) in [6.45, 7) is 2.43. The standard InChI is InChI=1S/C13H16N2O3S/c1-8-9-6-15(13(18)10(9)7-19-8)11(4-3-5-16)12(17)14-2/h5,7,11H,3-4,6H2,1-2H3,(H,14,17). The largest absolute Gasteiger partial charge is 0.357 e. The van der Waals surface area contributed by atoms with Crippen molar-refractivity contribution >= 4 is 29.4 Å². The third kappa shape index (κ3) is 2.40. The Morgan fingerprint density at radius 3 is 2.95 bits per heavy atom. The Kier molecular flexibility index (Phi) is 3.99. The molecule has 0 saturated heterocycles. The van der Waals surface area contributed by atoms with Gasteiger partial charge in [0, 0.05) is 30.3 Å². The fourth-order valence-corrected chi connectivity index (χ4v) is 3.18. The van der Waals surface area contributed by atoms with Gasteiger partial charge >= 0.3 is 0 Å². The Balaban J connectivity index is 2.22. The predicted molar refractivity (Wildman–Crippen MR) is 72.1 cm³/mol. The highest BCUT2D eigenvalue weighted by molar-refractivity contribution is 7.10. The summed E-state index contributed by atoms with van der Waals surface area (Å²) in [5.41, 5.74) is 1.71. The number of nitrogens with zero attached hydrogens (tertiary/aromatic N) is 1. The number of carbonyl (C=O) groups is 3. The van der Waals surface area contributed by atoms with Crippen LogP contribution in [-0.2, 0) is 16.1 Å². The smallest absolute Gasteiger partial charge is 0.256 e. The molecule has 0 radical (unpaired) electrons. The minimum absolute atomic E-state index is 0.112. The number of aryl methyl sites for hydroxylation is 1. The van der Waals surface area contributed by atoms with Gasteiger partial charge in [-0.25, -0.2) is 0 Å². The molecule has 19 heavy (non-hydrogen) atoms. The number of hydrogen-bond donors (Lipinski definition) is 1. The van der Waals surface area contributed by atoms with Crippen LogP contribution in [-0.4, -0.2) is 36.1 Å². The van der Waals surface area contributed by atoms with E-state index in [0.29, 0.717) is 18.5 Å². The van der Waals surface area contributed by atoms with E-state index in [1.165, 1.54) is 7.05 Å². The number of rotatable bonds is 5. The highest BCUT2D eigenvalue weighted by Gasteiger charge is 2.37. The van der Waals surface area contributed by atoms with E-state index in [0.717, 1.165) is 16.7 Å². The first-order chi connectivity index (χ1) is 9.10. The van der Waals surface area contributed by atoms with Crippen LogP contribution in [0, 0.1) is 6.92 Å². The molecule has 1 atom stereocenters. The molecule has 1 aliphatic heterocycles. The van der Waals surface area contributed by atoms with Crippen molar-refractivity contribution in [2.24, 2.45) is 0 Å². The van der Waals surface area contributed by atoms with Gasteiger partial charge in [0.15, 0.2) is 0 Å². The second kappa shape index (κ2) is 5.52. The van der Waals surface area contributed by atoms with Crippen molar-refractivity contribution in [1.29, 1.82) is 0 Å². The molecular formula is C13H16N2O3S. The van der Waals surface area contributed by atoms with E-state index in [1.54, 1.807) is 16.2 Å². The Hall–Kier alpha value is -1.69. The van der Waals surface area contributed by atoms with Crippen molar-refractivity contribution in [3.63, 3.8) is 0 Å². The lowest BCUT2D eigenvalue weighted by Gasteiger charge is -2.26. The van der Waals surface area contributed by atoms with Crippen LogP contribution in [0.5, 0.6) is 0 Å². The number of aldehydes is 1. The maximum absolute atomic E-state index is 12.3. The average Bonchev–Trinajstić information content (AvgIpc) is 2.92. The molecular weight excluding hydrogens is 264 g/mol.